The molecule has 0 spiro atoms. The summed E-state index contributed by atoms with van der Waals surface area (Å²) in [5.74, 6) is 0.857. The molecule has 1 atom stereocenters. The SMILES string of the molecule is COCc1cccc(SCNC[C@H]2CCc3cc(-c4ccc(C(=O)O)cc4)ccc3O2)c1. The van der Waals surface area contributed by atoms with Gasteiger partial charge >= 0.3 is 5.97 Å². The Hall–Kier alpha value is -2.80. The van der Waals surface area contributed by atoms with Crippen molar-refractivity contribution >= 4 is 17.7 Å². The van der Waals surface area contributed by atoms with E-state index in [-0.39, 0.29) is 6.10 Å². The molecular weight excluding hydrogens is 422 g/mol. The summed E-state index contributed by atoms with van der Waals surface area (Å²) >= 11 is 1.78. The minimum Gasteiger partial charge on any atom is -0.489 e. The second-order valence-corrected chi connectivity index (χ2v) is 8.86. The quantitative estimate of drug-likeness (QED) is 0.265. The molecule has 5 nitrogen and oxygen atoms in total. The molecule has 0 fully saturated rings. The van der Waals surface area contributed by atoms with Gasteiger partial charge in [-0.05, 0) is 71.5 Å². The van der Waals surface area contributed by atoms with Crippen molar-refractivity contribution in [2.45, 2.75) is 30.4 Å². The molecule has 4 rings (SSSR count). The zero-order valence-electron chi connectivity index (χ0n) is 18.0. The van der Waals surface area contributed by atoms with Crippen molar-refractivity contribution in [3.8, 4) is 16.9 Å². The van der Waals surface area contributed by atoms with Crippen LogP contribution < -0.4 is 10.1 Å². The third-order valence-corrected chi connectivity index (χ3v) is 6.41. The van der Waals surface area contributed by atoms with E-state index in [2.05, 4.69) is 35.6 Å². The first kappa shape index (κ1) is 22.4. The third-order valence-electron chi connectivity index (χ3n) is 5.48. The number of carboxylic acids is 1. The first-order chi connectivity index (χ1) is 15.6. The van der Waals surface area contributed by atoms with Gasteiger partial charge in [-0.3, -0.25) is 0 Å². The Balaban J connectivity index is 1.28. The summed E-state index contributed by atoms with van der Waals surface area (Å²) in [7, 11) is 1.71. The van der Waals surface area contributed by atoms with Crippen LogP contribution in [-0.2, 0) is 17.8 Å². The lowest BCUT2D eigenvalue weighted by atomic mass is 9.96. The second-order valence-electron chi connectivity index (χ2n) is 7.81. The molecule has 0 aromatic heterocycles. The summed E-state index contributed by atoms with van der Waals surface area (Å²) in [4.78, 5) is 12.3. The average Bonchev–Trinajstić information content (AvgIpc) is 2.82. The van der Waals surface area contributed by atoms with Gasteiger partial charge in [0.25, 0.3) is 0 Å². The molecule has 1 heterocycles. The Kier molecular flexibility index (Phi) is 7.47. The van der Waals surface area contributed by atoms with E-state index in [1.165, 1.54) is 16.0 Å². The zero-order chi connectivity index (χ0) is 22.3. The number of hydrogen-bond acceptors (Lipinski definition) is 5. The largest absolute Gasteiger partial charge is 0.489 e. The molecule has 1 aliphatic heterocycles. The Bertz CT molecular complexity index is 1070. The van der Waals surface area contributed by atoms with E-state index in [1.807, 2.05) is 24.3 Å². The van der Waals surface area contributed by atoms with E-state index in [0.29, 0.717) is 12.2 Å². The minimum atomic E-state index is -0.909. The number of carbonyl (C=O) groups is 1. The molecule has 2 N–H and O–H groups in total. The van der Waals surface area contributed by atoms with Gasteiger partial charge in [-0.2, -0.15) is 0 Å². The lowest BCUT2D eigenvalue weighted by Gasteiger charge is -2.27. The van der Waals surface area contributed by atoms with Gasteiger partial charge in [0.05, 0.1) is 12.2 Å². The number of hydrogen-bond donors (Lipinski definition) is 2. The maximum absolute atomic E-state index is 11.0. The monoisotopic (exact) mass is 449 g/mol. The van der Waals surface area contributed by atoms with E-state index in [4.69, 9.17) is 14.6 Å². The maximum atomic E-state index is 11.0. The first-order valence-electron chi connectivity index (χ1n) is 10.7. The Morgan fingerprint density at radius 2 is 1.94 bits per heavy atom. The molecule has 0 saturated carbocycles. The van der Waals surface area contributed by atoms with Crippen LogP contribution in [0.3, 0.4) is 0 Å². The molecule has 0 bridgehead atoms. The van der Waals surface area contributed by atoms with Crippen LogP contribution in [0.15, 0.2) is 71.6 Å². The smallest absolute Gasteiger partial charge is 0.335 e. The summed E-state index contributed by atoms with van der Waals surface area (Å²) in [5.41, 5.74) is 4.76. The Labute approximate surface area is 192 Å². The predicted octanol–water partition coefficient (Wildman–Crippen LogP) is 5.23. The lowest BCUT2D eigenvalue weighted by molar-refractivity contribution is 0.0697. The van der Waals surface area contributed by atoms with Crippen LogP contribution in [0.2, 0.25) is 0 Å². The normalized spacial score (nSPS) is 15.1. The number of aromatic carboxylic acids is 1. The number of fused-ring (bicyclic) bond motifs is 1. The first-order valence-corrected chi connectivity index (χ1v) is 11.7. The van der Waals surface area contributed by atoms with Crippen molar-refractivity contribution < 1.29 is 19.4 Å². The topological polar surface area (TPSA) is 67.8 Å². The average molecular weight is 450 g/mol. The van der Waals surface area contributed by atoms with E-state index >= 15 is 0 Å². The van der Waals surface area contributed by atoms with Gasteiger partial charge in [-0.15, -0.1) is 11.8 Å². The van der Waals surface area contributed by atoms with Crippen LogP contribution in [0, 0.1) is 0 Å². The molecule has 3 aromatic carbocycles. The summed E-state index contributed by atoms with van der Waals surface area (Å²) in [6, 6.07) is 21.6. The van der Waals surface area contributed by atoms with Crippen molar-refractivity contribution in [3.63, 3.8) is 0 Å². The van der Waals surface area contributed by atoms with Gasteiger partial charge in [0.1, 0.15) is 11.9 Å². The number of benzene rings is 3. The molecule has 0 radical (unpaired) electrons. The van der Waals surface area contributed by atoms with Gasteiger partial charge in [0.2, 0.25) is 0 Å². The van der Waals surface area contributed by atoms with Crippen molar-refractivity contribution in [2.75, 3.05) is 19.5 Å². The number of carboxylic acid groups (broad SMARTS) is 1. The number of rotatable bonds is 9. The fraction of sp³-hybridized carbons (Fsp3) is 0.269. The highest BCUT2D eigenvalue weighted by Gasteiger charge is 2.20. The molecule has 0 amide bonds. The molecule has 1 aliphatic rings. The molecule has 32 heavy (non-hydrogen) atoms. The highest BCUT2D eigenvalue weighted by Crippen LogP contribution is 2.32. The fourth-order valence-corrected chi connectivity index (χ4v) is 4.62. The van der Waals surface area contributed by atoms with Crippen molar-refractivity contribution in [1.29, 1.82) is 0 Å². The van der Waals surface area contributed by atoms with E-state index in [1.54, 1.807) is 31.0 Å². The highest BCUT2D eigenvalue weighted by molar-refractivity contribution is 7.99. The van der Waals surface area contributed by atoms with Gasteiger partial charge in [0.15, 0.2) is 0 Å². The van der Waals surface area contributed by atoms with Gasteiger partial charge < -0.3 is 19.9 Å². The molecule has 0 saturated heterocycles. The minimum absolute atomic E-state index is 0.156. The van der Waals surface area contributed by atoms with Crippen LogP contribution >= 0.6 is 11.8 Å². The Morgan fingerprint density at radius 1 is 1.12 bits per heavy atom. The van der Waals surface area contributed by atoms with Crippen LogP contribution in [-0.4, -0.2) is 36.7 Å². The van der Waals surface area contributed by atoms with Crippen molar-refractivity contribution in [3.05, 3.63) is 83.4 Å². The summed E-state index contributed by atoms with van der Waals surface area (Å²) in [6.45, 7) is 1.44. The van der Waals surface area contributed by atoms with Crippen LogP contribution in [0.5, 0.6) is 5.75 Å². The molecule has 0 aliphatic carbocycles. The van der Waals surface area contributed by atoms with Gasteiger partial charge in [-0.25, -0.2) is 4.79 Å². The predicted molar refractivity (Wildman–Crippen MR) is 127 cm³/mol. The maximum Gasteiger partial charge on any atom is 0.335 e. The number of thioether (sulfide) groups is 1. The molecule has 166 valence electrons. The van der Waals surface area contributed by atoms with Crippen LogP contribution in [0.4, 0.5) is 0 Å². The van der Waals surface area contributed by atoms with Crippen molar-refractivity contribution in [2.24, 2.45) is 0 Å². The zero-order valence-corrected chi connectivity index (χ0v) is 18.9. The van der Waals surface area contributed by atoms with Gasteiger partial charge in [-0.1, -0.05) is 30.3 Å². The molecule has 0 unspecified atom stereocenters. The van der Waals surface area contributed by atoms with Crippen molar-refractivity contribution in [1.82, 2.24) is 5.32 Å². The van der Waals surface area contributed by atoms with E-state index in [9.17, 15) is 4.79 Å². The molecule has 6 heteroatoms. The summed E-state index contributed by atoms with van der Waals surface area (Å²) in [6.07, 6.45) is 2.09. The van der Waals surface area contributed by atoms with E-state index in [0.717, 1.165) is 42.1 Å². The van der Waals surface area contributed by atoms with Gasteiger partial charge in [0, 0.05) is 24.4 Å². The number of ether oxygens (including phenoxy) is 2. The highest BCUT2D eigenvalue weighted by atomic mass is 32.2. The van der Waals surface area contributed by atoms with Crippen LogP contribution in [0.1, 0.15) is 27.9 Å². The molecular formula is C26H27NO4S. The van der Waals surface area contributed by atoms with E-state index < -0.39 is 5.97 Å². The molecule has 3 aromatic rings. The number of methoxy groups -OCH3 is 1. The van der Waals surface area contributed by atoms with Crippen LogP contribution in [0.25, 0.3) is 11.1 Å². The summed E-state index contributed by atoms with van der Waals surface area (Å²) in [5, 5.41) is 12.6. The third kappa shape index (κ3) is 5.71. The lowest BCUT2D eigenvalue weighted by Crippen LogP contribution is -2.34. The summed E-state index contributed by atoms with van der Waals surface area (Å²) < 4.78 is 11.4. The standard InChI is InChI=1S/C26H27NO4S/c1-30-16-18-3-2-4-24(13-18)32-17-27-15-23-11-9-22-14-21(10-12-25(22)31-23)19-5-7-20(8-6-19)26(28)29/h2-8,10,12-14,23,27H,9,11,15-17H2,1H3,(H,28,29)/t23-/m1/s1. The fourth-order valence-electron chi connectivity index (χ4n) is 3.82. The Morgan fingerprint density at radius 3 is 2.72 bits per heavy atom. The number of aryl methyl sites for hydroxylation is 1. The number of nitrogens with one attached hydrogen (secondary N) is 1. The second kappa shape index (κ2) is 10.7.